The van der Waals surface area contributed by atoms with Gasteiger partial charge in [0.25, 0.3) is 0 Å². The Morgan fingerprint density at radius 1 is 0.600 bits per heavy atom. The average molecular weight is 456 g/mol. The number of nitriles is 1. The molecule has 0 fully saturated rings. The van der Waals surface area contributed by atoms with Crippen LogP contribution in [0.15, 0.2) is 97.1 Å². The standard InChI is InChI=1S/C34H33N/c1-2-3-4-11-21-34(22-12-23-35)32-24-28(26-13-7-5-8-14-26)17-19-30(32)31-20-18-29(25-33(31)34)27-15-9-6-10-16-27/h5-10,13-20,24-25H,2-4,11-12,21-22H2,1H3. The topological polar surface area (TPSA) is 23.8 Å². The number of unbranched alkanes of at least 4 members (excludes halogenated alkanes) is 3. The molecule has 4 aromatic carbocycles. The molecule has 4 aromatic rings. The van der Waals surface area contributed by atoms with Gasteiger partial charge in [-0.15, -0.1) is 0 Å². The van der Waals surface area contributed by atoms with Gasteiger partial charge in [0.1, 0.15) is 0 Å². The zero-order valence-corrected chi connectivity index (χ0v) is 20.6. The molecule has 0 heterocycles. The van der Waals surface area contributed by atoms with Crippen molar-refractivity contribution in [3.05, 3.63) is 108 Å². The van der Waals surface area contributed by atoms with Crippen LogP contribution in [0.2, 0.25) is 0 Å². The maximum atomic E-state index is 9.66. The highest BCUT2D eigenvalue weighted by Gasteiger charge is 2.42. The molecule has 174 valence electrons. The highest BCUT2D eigenvalue weighted by molar-refractivity contribution is 5.86. The third-order valence-corrected chi connectivity index (χ3v) is 7.70. The van der Waals surface area contributed by atoms with Gasteiger partial charge in [-0.2, -0.15) is 5.26 Å². The number of hydrogen-bond acceptors (Lipinski definition) is 1. The second-order valence-electron chi connectivity index (χ2n) is 9.80. The zero-order chi connectivity index (χ0) is 24.1. The molecular weight excluding hydrogens is 422 g/mol. The third kappa shape index (κ3) is 4.42. The van der Waals surface area contributed by atoms with E-state index in [9.17, 15) is 5.26 Å². The zero-order valence-electron chi connectivity index (χ0n) is 20.6. The molecule has 1 aliphatic rings. The lowest BCUT2D eigenvalue weighted by Crippen LogP contribution is -2.25. The molecule has 1 heteroatoms. The van der Waals surface area contributed by atoms with Crippen molar-refractivity contribution in [2.24, 2.45) is 0 Å². The normalized spacial score (nSPS) is 13.1. The van der Waals surface area contributed by atoms with Crippen LogP contribution in [0.1, 0.15) is 63.0 Å². The molecule has 0 unspecified atom stereocenters. The minimum Gasteiger partial charge on any atom is -0.198 e. The largest absolute Gasteiger partial charge is 0.198 e. The van der Waals surface area contributed by atoms with Crippen LogP contribution in [0.4, 0.5) is 0 Å². The second-order valence-corrected chi connectivity index (χ2v) is 9.80. The van der Waals surface area contributed by atoms with Crippen molar-refractivity contribution in [1.82, 2.24) is 0 Å². The maximum Gasteiger partial charge on any atom is 0.0622 e. The van der Waals surface area contributed by atoms with Crippen molar-refractivity contribution in [3.8, 4) is 39.4 Å². The summed E-state index contributed by atoms with van der Waals surface area (Å²) in [5.41, 5.74) is 10.4. The lowest BCUT2D eigenvalue weighted by Gasteiger charge is -2.32. The predicted octanol–water partition coefficient (Wildman–Crippen LogP) is 9.56. The van der Waals surface area contributed by atoms with E-state index < -0.39 is 0 Å². The predicted molar refractivity (Wildman–Crippen MR) is 147 cm³/mol. The molecule has 1 nitrogen and oxygen atoms in total. The third-order valence-electron chi connectivity index (χ3n) is 7.70. The Morgan fingerprint density at radius 2 is 1.14 bits per heavy atom. The summed E-state index contributed by atoms with van der Waals surface area (Å²) >= 11 is 0. The van der Waals surface area contributed by atoms with E-state index >= 15 is 0 Å². The fraction of sp³-hybridized carbons (Fsp3) is 0.265. The SMILES string of the molecule is CCCCCCC1(CCC#N)c2cc(-c3ccccc3)ccc2-c2ccc(-c3ccccc3)cc21. The Bertz CT molecular complexity index is 1240. The van der Waals surface area contributed by atoms with Gasteiger partial charge in [0.2, 0.25) is 0 Å². The molecular formula is C34H33N. The molecule has 0 bridgehead atoms. The van der Waals surface area contributed by atoms with E-state index in [4.69, 9.17) is 0 Å². The van der Waals surface area contributed by atoms with Crippen LogP contribution >= 0.6 is 0 Å². The molecule has 5 rings (SSSR count). The molecule has 0 N–H and O–H groups in total. The van der Waals surface area contributed by atoms with Gasteiger partial charge in [-0.05, 0) is 69.5 Å². The Morgan fingerprint density at radius 3 is 1.63 bits per heavy atom. The summed E-state index contributed by atoms with van der Waals surface area (Å²) in [7, 11) is 0. The summed E-state index contributed by atoms with van der Waals surface area (Å²) in [5.74, 6) is 0. The maximum absolute atomic E-state index is 9.66. The fourth-order valence-electron chi connectivity index (χ4n) is 5.90. The molecule has 0 radical (unpaired) electrons. The summed E-state index contributed by atoms with van der Waals surface area (Å²) in [6, 6.07) is 37.8. The van der Waals surface area contributed by atoms with E-state index in [1.54, 1.807) is 0 Å². The van der Waals surface area contributed by atoms with E-state index in [2.05, 4.69) is 110 Å². The Hall–Kier alpha value is -3.63. The lowest BCUT2D eigenvalue weighted by atomic mass is 9.70. The van der Waals surface area contributed by atoms with Crippen LogP contribution in [0.3, 0.4) is 0 Å². The van der Waals surface area contributed by atoms with Crippen molar-refractivity contribution in [1.29, 1.82) is 5.26 Å². The van der Waals surface area contributed by atoms with Crippen molar-refractivity contribution in [2.45, 2.75) is 57.3 Å². The van der Waals surface area contributed by atoms with E-state index in [-0.39, 0.29) is 5.41 Å². The van der Waals surface area contributed by atoms with E-state index in [1.807, 2.05) is 0 Å². The first-order valence-electron chi connectivity index (χ1n) is 13.0. The van der Waals surface area contributed by atoms with Gasteiger partial charge >= 0.3 is 0 Å². The van der Waals surface area contributed by atoms with Crippen LogP contribution in [0, 0.1) is 11.3 Å². The Labute approximate surface area is 210 Å². The molecule has 35 heavy (non-hydrogen) atoms. The van der Waals surface area contributed by atoms with Gasteiger partial charge in [0.05, 0.1) is 6.07 Å². The van der Waals surface area contributed by atoms with Crippen molar-refractivity contribution >= 4 is 0 Å². The van der Waals surface area contributed by atoms with Crippen LogP contribution in [0.5, 0.6) is 0 Å². The molecule has 0 saturated heterocycles. The smallest absolute Gasteiger partial charge is 0.0622 e. The van der Waals surface area contributed by atoms with Crippen LogP contribution in [-0.4, -0.2) is 0 Å². The number of nitrogens with zero attached hydrogens (tertiary/aromatic N) is 1. The van der Waals surface area contributed by atoms with Crippen LogP contribution in [0.25, 0.3) is 33.4 Å². The molecule has 1 aliphatic carbocycles. The second kappa shape index (κ2) is 10.3. The molecule has 0 spiro atoms. The van der Waals surface area contributed by atoms with E-state index in [0.29, 0.717) is 6.42 Å². The molecule has 0 amide bonds. The number of rotatable bonds is 9. The van der Waals surface area contributed by atoms with Gasteiger partial charge in [-0.3, -0.25) is 0 Å². The van der Waals surface area contributed by atoms with Gasteiger partial charge in [0, 0.05) is 11.8 Å². The first-order chi connectivity index (χ1) is 17.3. The number of hydrogen-bond donors (Lipinski definition) is 0. The fourth-order valence-corrected chi connectivity index (χ4v) is 5.90. The van der Waals surface area contributed by atoms with Crippen LogP contribution < -0.4 is 0 Å². The minimum absolute atomic E-state index is 0.121. The van der Waals surface area contributed by atoms with Gasteiger partial charge in [0.15, 0.2) is 0 Å². The van der Waals surface area contributed by atoms with E-state index in [0.717, 1.165) is 12.8 Å². The van der Waals surface area contributed by atoms with Gasteiger partial charge in [-0.25, -0.2) is 0 Å². The highest BCUT2D eigenvalue weighted by Crippen LogP contribution is 2.55. The monoisotopic (exact) mass is 455 g/mol. The molecule has 0 aromatic heterocycles. The van der Waals surface area contributed by atoms with Crippen molar-refractivity contribution in [3.63, 3.8) is 0 Å². The number of benzene rings is 4. The summed E-state index contributed by atoms with van der Waals surface area (Å²) in [4.78, 5) is 0. The Kier molecular flexibility index (Phi) is 6.82. The van der Waals surface area contributed by atoms with E-state index in [1.165, 1.54) is 70.2 Å². The van der Waals surface area contributed by atoms with Crippen LogP contribution in [-0.2, 0) is 5.41 Å². The summed E-state index contributed by atoms with van der Waals surface area (Å²) < 4.78 is 0. The van der Waals surface area contributed by atoms with Gasteiger partial charge < -0.3 is 0 Å². The summed E-state index contributed by atoms with van der Waals surface area (Å²) in [5, 5.41) is 9.66. The lowest BCUT2D eigenvalue weighted by molar-refractivity contribution is 0.425. The highest BCUT2D eigenvalue weighted by atomic mass is 14.5. The first kappa shape index (κ1) is 23.1. The molecule has 0 aliphatic heterocycles. The van der Waals surface area contributed by atoms with Gasteiger partial charge in [-0.1, -0.05) is 118 Å². The number of fused-ring (bicyclic) bond motifs is 3. The van der Waals surface area contributed by atoms with Crippen molar-refractivity contribution < 1.29 is 0 Å². The first-order valence-corrected chi connectivity index (χ1v) is 13.0. The average Bonchev–Trinajstić information content (AvgIpc) is 3.19. The van der Waals surface area contributed by atoms with Crippen molar-refractivity contribution in [2.75, 3.05) is 0 Å². The Balaban J connectivity index is 1.68. The quantitative estimate of drug-likeness (QED) is 0.230. The minimum atomic E-state index is -0.121. The summed E-state index contributed by atoms with van der Waals surface area (Å²) in [6.07, 6.45) is 7.45. The molecule has 0 saturated carbocycles. The summed E-state index contributed by atoms with van der Waals surface area (Å²) in [6.45, 7) is 2.27. The molecule has 0 atom stereocenters.